The Labute approximate surface area is 161 Å². The predicted molar refractivity (Wildman–Crippen MR) is 101 cm³/mol. The normalized spacial score (nSPS) is 12.4. The summed E-state index contributed by atoms with van der Waals surface area (Å²) in [7, 11) is 0. The van der Waals surface area contributed by atoms with Crippen molar-refractivity contribution in [2.45, 2.75) is 39.3 Å². The van der Waals surface area contributed by atoms with Gasteiger partial charge in [-0.3, -0.25) is 4.57 Å². The summed E-state index contributed by atoms with van der Waals surface area (Å²) in [6.07, 6.45) is 0.980. The number of nitrogens with one attached hydrogen (secondary N) is 1. The second kappa shape index (κ2) is 7.27. The number of aromatic nitrogens is 3. The van der Waals surface area contributed by atoms with Crippen LogP contribution in [-0.4, -0.2) is 26.2 Å². The summed E-state index contributed by atoms with van der Waals surface area (Å²) in [5.41, 5.74) is -0.0565. The smallest absolute Gasteiger partial charge is 0.408 e. The number of nitrogens with zero attached hydrogens (tertiary/aromatic N) is 4. The zero-order valence-electron chi connectivity index (χ0n) is 16.0. The maximum atomic E-state index is 14.2. The third-order valence-electron chi connectivity index (χ3n) is 3.90. The number of ether oxygens (including phenoxy) is 1. The van der Waals surface area contributed by atoms with Crippen molar-refractivity contribution in [2.75, 3.05) is 0 Å². The first-order chi connectivity index (χ1) is 13.2. The Hall–Kier alpha value is -3.47. The number of carbonyl (C=O) groups is 1. The zero-order chi connectivity index (χ0) is 20.5. The van der Waals surface area contributed by atoms with E-state index in [1.807, 2.05) is 6.07 Å². The number of imidazole rings is 1. The number of amides is 1. The van der Waals surface area contributed by atoms with Crippen molar-refractivity contribution < 1.29 is 13.9 Å². The number of pyridine rings is 1. The number of nitriles is 1. The van der Waals surface area contributed by atoms with Crippen LogP contribution in [-0.2, 0) is 4.74 Å². The van der Waals surface area contributed by atoms with Crippen molar-refractivity contribution in [3.63, 3.8) is 0 Å². The molecule has 0 aliphatic carbocycles. The largest absolute Gasteiger partial charge is 0.444 e. The summed E-state index contributed by atoms with van der Waals surface area (Å²) in [4.78, 5) is 21.0. The van der Waals surface area contributed by atoms with Gasteiger partial charge < -0.3 is 10.1 Å². The van der Waals surface area contributed by atoms with Crippen LogP contribution in [0.15, 0.2) is 36.5 Å². The number of halogens is 1. The lowest BCUT2D eigenvalue weighted by Gasteiger charge is -2.22. The number of alkyl carbamates (subject to hydrolysis) is 1. The first-order valence-corrected chi connectivity index (χ1v) is 8.73. The molecule has 3 aromatic rings. The molecule has 0 saturated heterocycles. The van der Waals surface area contributed by atoms with Gasteiger partial charge in [-0.15, -0.1) is 0 Å². The van der Waals surface area contributed by atoms with E-state index in [1.54, 1.807) is 56.7 Å². The van der Waals surface area contributed by atoms with Gasteiger partial charge in [0.15, 0.2) is 0 Å². The van der Waals surface area contributed by atoms with E-state index in [4.69, 9.17) is 4.74 Å². The van der Waals surface area contributed by atoms with Crippen LogP contribution in [0.2, 0.25) is 0 Å². The fourth-order valence-corrected chi connectivity index (χ4v) is 2.82. The minimum absolute atomic E-state index is 0.133. The number of fused-ring (bicyclic) bond motifs is 1. The number of rotatable bonds is 3. The molecule has 0 spiro atoms. The topological polar surface area (TPSA) is 92.8 Å². The van der Waals surface area contributed by atoms with Gasteiger partial charge in [-0.1, -0.05) is 6.07 Å². The lowest BCUT2D eigenvalue weighted by atomic mass is 10.2. The molecule has 0 bridgehead atoms. The van der Waals surface area contributed by atoms with Crippen LogP contribution >= 0.6 is 0 Å². The SMILES string of the molecule is CC(NC(=O)OC(C)(C)C)c1nc2ccc(F)c(C#N)c2n1-c1ccccn1. The van der Waals surface area contributed by atoms with Crippen LogP contribution in [0.25, 0.3) is 16.9 Å². The van der Waals surface area contributed by atoms with Crippen LogP contribution in [0.5, 0.6) is 0 Å². The molecule has 0 saturated carbocycles. The quantitative estimate of drug-likeness (QED) is 0.740. The van der Waals surface area contributed by atoms with Crippen molar-refractivity contribution in [3.05, 3.63) is 53.7 Å². The van der Waals surface area contributed by atoms with E-state index >= 15 is 0 Å². The van der Waals surface area contributed by atoms with Gasteiger partial charge in [0.25, 0.3) is 0 Å². The minimum atomic E-state index is -0.651. The molecule has 0 radical (unpaired) electrons. The molecule has 3 rings (SSSR count). The molecular weight excluding hydrogens is 361 g/mol. The number of hydrogen-bond donors (Lipinski definition) is 1. The third kappa shape index (κ3) is 3.78. The van der Waals surface area contributed by atoms with Crippen molar-refractivity contribution >= 4 is 17.1 Å². The summed E-state index contributed by atoms with van der Waals surface area (Å²) < 4.78 is 21.1. The Balaban J connectivity index is 2.15. The molecule has 1 N–H and O–H groups in total. The average molecular weight is 381 g/mol. The Morgan fingerprint density at radius 1 is 1.32 bits per heavy atom. The fraction of sp³-hybridized carbons (Fsp3) is 0.300. The Bertz CT molecular complexity index is 1060. The van der Waals surface area contributed by atoms with Gasteiger partial charge in [0.1, 0.15) is 34.7 Å². The highest BCUT2D eigenvalue weighted by atomic mass is 19.1. The van der Waals surface area contributed by atoms with Crippen LogP contribution < -0.4 is 5.32 Å². The van der Waals surface area contributed by atoms with Gasteiger partial charge >= 0.3 is 6.09 Å². The molecule has 2 heterocycles. The van der Waals surface area contributed by atoms with E-state index in [0.717, 1.165) is 0 Å². The highest BCUT2D eigenvalue weighted by molar-refractivity contribution is 5.84. The highest BCUT2D eigenvalue weighted by Crippen LogP contribution is 2.28. The third-order valence-corrected chi connectivity index (χ3v) is 3.90. The van der Waals surface area contributed by atoms with Crippen molar-refractivity contribution in [3.8, 4) is 11.9 Å². The van der Waals surface area contributed by atoms with E-state index in [9.17, 15) is 14.4 Å². The molecule has 8 heteroatoms. The maximum absolute atomic E-state index is 14.2. The standard InChI is InChI=1S/C20H20FN5O2/c1-12(24-19(27)28-20(2,3)4)18-25-15-9-8-14(21)13(11-22)17(15)26(18)16-7-5-6-10-23-16/h5-10,12H,1-4H3,(H,24,27). The molecule has 0 aliphatic rings. The Morgan fingerprint density at radius 3 is 2.68 bits per heavy atom. The molecule has 1 unspecified atom stereocenters. The van der Waals surface area contributed by atoms with E-state index < -0.39 is 23.6 Å². The number of carbonyl (C=O) groups excluding carboxylic acids is 1. The number of benzene rings is 1. The molecule has 28 heavy (non-hydrogen) atoms. The second-order valence-corrected chi connectivity index (χ2v) is 7.26. The molecule has 1 atom stereocenters. The molecular formula is C20H20FN5O2. The summed E-state index contributed by atoms with van der Waals surface area (Å²) >= 11 is 0. The molecule has 0 aliphatic heterocycles. The molecule has 1 aromatic carbocycles. The van der Waals surface area contributed by atoms with Gasteiger partial charge in [-0.2, -0.15) is 5.26 Å². The van der Waals surface area contributed by atoms with Gasteiger partial charge in [0.05, 0.1) is 17.1 Å². The molecule has 2 aromatic heterocycles. The van der Waals surface area contributed by atoms with Crippen molar-refractivity contribution in [2.24, 2.45) is 0 Å². The Morgan fingerprint density at radius 2 is 2.07 bits per heavy atom. The summed E-state index contributed by atoms with van der Waals surface area (Å²) in [6.45, 7) is 7.03. The van der Waals surface area contributed by atoms with E-state index in [1.165, 1.54) is 12.1 Å². The monoisotopic (exact) mass is 381 g/mol. The number of hydrogen-bond acceptors (Lipinski definition) is 5. The molecule has 1 amide bonds. The van der Waals surface area contributed by atoms with Crippen LogP contribution in [0, 0.1) is 17.1 Å². The molecule has 144 valence electrons. The van der Waals surface area contributed by atoms with Crippen molar-refractivity contribution in [1.82, 2.24) is 19.9 Å². The van der Waals surface area contributed by atoms with Crippen LogP contribution in [0.1, 0.15) is 45.1 Å². The Kier molecular flexibility index (Phi) is 5.01. The van der Waals surface area contributed by atoms with Gasteiger partial charge in [0.2, 0.25) is 0 Å². The summed E-state index contributed by atoms with van der Waals surface area (Å²) in [5, 5.41) is 12.2. The van der Waals surface area contributed by atoms with E-state index in [0.29, 0.717) is 22.7 Å². The first kappa shape index (κ1) is 19.3. The predicted octanol–water partition coefficient (Wildman–Crippen LogP) is 4.02. The zero-order valence-corrected chi connectivity index (χ0v) is 16.0. The summed E-state index contributed by atoms with van der Waals surface area (Å²) in [6, 6.07) is 9.25. The van der Waals surface area contributed by atoms with Gasteiger partial charge in [0, 0.05) is 6.20 Å². The fourth-order valence-electron chi connectivity index (χ4n) is 2.82. The molecule has 0 fully saturated rings. The molecule has 7 nitrogen and oxygen atoms in total. The van der Waals surface area contributed by atoms with E-state index in [2.05, 4.69) is 15.3 Å². The average Bonchev–Trinajstić information content (AvgIpc) is 3.00. The highest BCUT2D eigenvalue weighted by Gasteiger charge is 2.25. The lowest BCUT2D eigenvalue weighted by Crippen LogP contribution is -2.34. The van der Waals surface area contributed by atoms with Gasteiger partial charge in [-0.25, -0.2) is 19.2 Å². The minimum Gasteiger partial charge on any atom is -0.444 e. The first-order valence-electron chi connectivity index (χ1n) is 8.73. The van der Waals surface area contributed by atoms with Crippen LogP contribution in [0.3, 0.4) is 0 Å². The lowest BCUT2D eigenvalue weighted by molar-refractivity contribution is 0.0505. The van der Waals surface area contributed by atoms with Crippen molar-refractivity contribution in [1.29, 1.82) is 5.26 Å². The van der Waals surface area contributed by atoms with Crippen LogP contribution in [0.4, 0.5) is 9.18 Å². The van der Waals surface area contributed by atoms with Gasteiger partial charge in [-0.05, 0) is 52.0 Å². The van der Waals surface area contributed by atoms with E-state index in [-0.39, 0.29) is 5.56 Å². The maximum Gasteiger partial charge on any atom is 0.408 e. The second-order valence-electron chi connectivity index (χ2n) is 7.26. The summed E-state index contributed by atoms with van der Waals surface area (Å²) in [5.74, 6) is 0.216.